The van der Waals surface area contributed by atoms with E-state index in [1.165, 1.54) is 0 Å². The molecule has 1 rings (SSSR count). The average Bonchev–Trinajstić information content (AvgIpc) is 2.28. The second-order valence-electron chi connectivity index (χ2n) is 3.06. The maximum atomic E-state index is 13.5. The first kappa shape index (κ1) is 13.6. The maximum Gasteiger partial charge on any atom is 0.338 e. The van der Waals surface area contributed by atoms with Crippen LogP contribution in [0.25, 0.3) is 0 Å². The number of ether oxygens (including phenoxy) is 1. The number of nitro benzene ring substituents is 1. The van der Waals surface area contributed by atoms with Gasteiger partial charge in [0.1, 0.15) is 5.82 Å². The second kappa shape index (κ2) is 5.72. The lowest BCUT2D eigenvalue weighted by Gasteiger charge is -2.07. The summed E-state index contributed by atoms with van der Waals surface area (Å²) in [5.74, 6) is -1.58. The molecule has 0 saturated carbocycles. The van der Waals surface area contributed by atoms with Crippen molar-refractivity contribution in [3.05, 3.63) is 39.2 Å². The van der Waals surface area contributed by atoms with Crippen molar-refractivity contribution in [1.29, 1.82) is 0 Å². The summed E-state index contributed by atoms with van der Waals surface area (Å²) in [5.41, 5.74) is -0.556. The molecule has 0 bridgehead atoms. The predicted molar refractivity (Wildman–Crippen MR) is 61.6 cm³/mol. The molecule has 0 amide bonds. The van der Waals surface area contributed by atoms with Crippen LogP contribution < -0.4 is 0 Å². The van der Waals surface area contributed by atoms with Crippen LogP contribution in [0.15, 0.2) is 12.1 Å². The molecule has 0 heterocycles. The molecule has 0 fully saturated rings. The molecule has 5 nitrogen and oxygen atoms in total. The van der Waals surface area contributed by atoms with Crippen molar-refractivity contribution < 1.29 is 18.8 Å². The number of carbonyl (C=O) groups excluding carboxylic acids is 1. The van der Waals surface area contributed by atoms with E-state index in [0.717, 1.165) is 12.1 Å². The lowest BCUT2D eigenvalue weighted by Crippen LogP contribution is -2.10. The Morgan fingerprint density at radius 1 is 1.59 bits per heavy atom. The van der Waals surface area contributed by atoms with Crippen molar-refractivity contribution in [2.45, 2.75) is 12.3 Å². The highest BCUT2D eigenvalue weighted by molar-refractivity contribution is 9.08. The van der Waals surface area contributed by atoms with Crippen molar-refractivity contribution in [3.8, 4) is 0 Å². The Bertz CT molecular complexity index is 464. The summed E-state index contributed by atoms with van der Waals surface area (Å²) in [6, 6.07) is 1.79. The molecule has 0 N–H and O–H groups in total. The molecule has 0 aromatic heterocycles. The van der Waals surface area contributed by atoms with Crippen LogP contribution in [0.4, 0.5) is 10.1 Å². The first-order valence-electron chi connectivity index (χ1n) is 4.71. The van der Waals surface area contributed by atoms with E-state index in [9.17, 15) is 19.3 Å². The molecule has 0 unspecified atom stereocenters. The van der Waals surface area contributed by atoms with Gasteiger partial charge in [-0.25, -0.2) is 9.18 Å². The smallest absolute Gasteiger partial charge is 0.338 e. The zero-order valence-electron chi connectivity index (χ0n) is 8.91. The first-order chi connectivity index (χ1) is 8.01. The van der Waals surface area contributed by atoms with Crippen LogP contribution in [-0.4, -0.2) is 17.5 Å². The number of benzene rings is 1. The Morgan fingerprint density at radius 3 is 2.71 bits per heavy atom. The van der Waals surface area contributed by atoms with Gasteiger partial charge >= 0.3 is 5.97 Å². The van der Waals surface area contributed by atoms with E-state index in [2.05, 4.69) is 15.9 Å². The summed E-state index contributed by atoms with van der Waals surface area (Å²) in [6.07, 6.45) is 0. The number of halogens is 2. The number of nitrogens with zero attached hydrogens (tertiary/aromatic N) is 1. The predicted octanol–water partition coefficient (Wildman–Crippen LogP) is 2.81. The zero-order chi connectivity index (χ0) is 13.0. The molecule has 0 atom stereocenters. The largest absolute Gasteiger partial charge is 0.462 e. The SMILES string of the molecule is CCOC(=O)c1cc([N+](=O)[O-])cc(F)c1CBr. The molecule has 0 aliphatic rings. The number of rotatable bonds is 4. The van der Waals surface area contributed by atoms with Crippen molar-refractivity contribution >= 4 is 27.6 Å². The van der Waals surface area contributed by atoms with Gasteiger partial charge in [-0.05, 0) is 6.92 Å². The fourth-order valence-corrected chi connectivity index (χ4v) is 1.82. The number of hydrogen-bond donors (Lipinski definition) is 0. The van der Waals surface area contributed by atoms with Crippen molar-refractivity contribution in [2.75, 3.05) is 6.61 Å². The molecule has 92 valence electrons. The summed E-state index contributed by atoms with van der Waals surface area (Å²) in [4.78, 5) is 21.3. The van der Waals surface area contributed by atoms with Crippen LogP contribution >= 0.6 is 15.9 Å². The molecule has 0 saturated heterocycles. The Kier molecular flexibility index (Phi) is 4.56. The van der Waals surface area contributed by atoms with Crippen LogP contribution in [-0.2, 0) is 10.1 Å². The minimum atomic E-state index is -0.806. The molecular weight excluding hydrogens is 297 g/mol. The summed E-state index contributed by atoms with van der Waals surface area (Å²) >= 11 is 3.02. The monoisotopic (exact) mass is 305 g/mol. The van der Waals surface area contributed by atoms with Gasteiger partial charge in [0.2, 0.25) is 0 Å². The van der Waals surface area contributed by atoms with E-state index in [1.54, 1.807) is 6.92 Å². The Hall–Kier alpha value is -1.50. The fourth-order valence-electron chi connectivity index (χ4n) is 1.25. The Balaban J connectivity index is 3.33. The molecule has 7 heteroatoms. The van der Waals surface area contributed by atoms with E-state index in [1.807, 2.05) is 0 Å². The van der Waals surface area contributed by atoms with E-state index in [4.69, 9.17) is 4.74 Å². The molecule has 0 aliphatic carbocycles. The van der Waals surface area contributed by atoms with Gasteiger partial charge < -0.3 is 4.74 Å². The van der Waals surface area contributed by atoms with Gasteiger partial charge in [0.05, 0.1) is 23.2 Å². The Labute approximate surface area is 105 Å². The lowest BCUT2D eigenvalue weighted by atomic mass is 10.1. The van der Waals surface area contributed by atoms with E-state index in [-0.39, 0.29) is 23.1 Å². The van der Waals surface area contributed by atoms with Crippen LogP contribution in [0.5, 0.6) is 0 Å². The van der Waals surface area contributed by atoms with E-state index >= 15 is 0 Å². The van der Waals surface area contributed by atoms with Crippen LogP contribution in [0.2, 0.25) is 0 Å². The highest BCUT2D eigenvalue weighted by Gasteiger charge is 2.21. The van der Waals surface area contributed by atoms with E-state index < -0.39 is 22.4 Å². The second-order valence-corrected chi connectivity index (χ2v) is 3.63. The maximum absolute atomic E-state index is 13.5. The van der Waals surface area contributed by atoms with Crippen LogP contribution in [0, 0.1) is 15.9 Å². The molecule has 1 aromatic rings. The van der Waals surface area contributed by atoms with Gasteiger partial charge in [0.15, 0.2) is 0 Å². The quantitative estimate of drug-likeness (QED) is 0.371. The van der Waals surface area contributed by atoms with Crippen LogP contribution in [0.3, 0.4) is 0 Å². The zero-order valence-corrected chi connectivity index (χ0v) is 10.5. The molecule has 17 heavy (non-hydrogen) atoms. The topological polar surface area (TPSA) is 69.4 Å². The van der Waals surface area contributed by atoms with E-state index in [0.29, 0.717) is 0 Å². The molecule has 1 aromatic carbocycles. The minimum absolute atomic E-state index is 0.0500. The third kappa shape index (κ3) is 3.00. The van der Waals surface area contributed by atoms with Crippen molar-refractivity contribution in [3.63, 3.8) is 0 Å². The summed E-state index contributed by atoms with van der Waals surface area (Å²) in [6.45, 7) is 1.71. The molecule has 0 spiro atoms. The van der Waals surface area contributed by atoms with Gasteiger partial charge in [-0.15, -0.1) is 0 Å². The van der Waals surface area contributed by atoms with Gasteiger partial charge in [-0.1, -0.05) is 15.9 Å². The average molecular weight is 306 g/mol. The Morgan fingerprint density at radius 2 is 2.24 bits per heavy atom. The third-order valence-corrected chi connectivity index (χ3v) is 2.58. The number of alkyl halides is 1. The first-order valence-corrected chi connectivity index (χ1v) is 5.83. The van der Waals surface area contributed by atoms with Gasteiger partial charge in [-0.2, -0.15) is 0 Å². The normalized spacial score (nSPS) is 10.1. The van der Waals surface area contributed by atoms with Crippen LogP contribution in [0.1, 0.15) is 22.8 Å². The molecule has 0 aliphatic heterocycles. The van der Waals surface area contributed by atoms with Crippen molar-refractivity contribution in [2.24, 2.45) is 0 Å². The number of non-ortho nitro benzene ring substituents is 1. The highest BCUT2D eigenvalue weighted by Crippen LogP contribution is 2.24. The van der Waals surface area contributed by atoms with Gasteiger partial charge in [0.25, 0.3) is 5.69 Å². The lowest BCUT2D eigenvalue weighted by molar-refractivity contribution is -0.385. The summed E-state index contributed by atoms with van der Waals surface area (Å²) in [5, 5.41) is 10.6. The molecular formula is C10H9BrFNO4. The van der Waals surface area contributed by atoms with Gasteiger partial charge in [0, 0.05) is 17.0 Å². The molecule has 0 radical (unpaired) electrons. The van der Waals surface area contributed by atoms with Crippen molar-refractivity contribution in [1.82, 2.24) is 0 Å². The summed E-state index contributed by atoms with van der Waals surface area (Å²) < 4.78 is 18.2. The summed E-state index contributed by atoms with van der Waals surface area (Å²) in [7, 11) is 0. The number of hydrogen-bond acceptors (Lipinski definition) is 4. The van der Waals surface area contributed by atoms with Gasteiger partial charge in [-0.3, -0.25) is 10.1 Å². The number of nitro groups is 1. The minimum Gasteiger partial charge on any atom is -0.462 e. The standard InChI is InChI=1S/C10H9BrFNO4/c1-2-17-10(14)7-3-6(13(15)16)4-9(12)8(7)5-11/h3-4H,2,5H2,1H3. The highest BCUT2D eigenvalue weighted by atomic mass is 79.9. The number of carbonyl (C=O) groups is 1. The fraction of sp³-hybridized carbons (Fsp3) is 0.300. The third-order valence-electron chi connectivity index (χ3n) is 2.02. The number of esters is 1.